The van der Waals surface area contributed by atoms with E-state index >= 15 is 0 Å². The largest absolute Gasteiger partial charge is 0.367 e. The molecule has 2 aliphatic heterocycles. The molecule has 0 amide bonds. The van der Waals surface area contributed by atoms with Crippen LogP contribution in [-0.2, 0) is 19.2 Å². The first-order valence-electron chi connectivity index (χ1n) is 8.11. The Morgan fingerprint density at radius 1 is 1.10 bits per heavy atom. The highest BCUT2D eigenvalue weighted by Gasteiger charge is 2.52. The van der Waals surface area contributed by atoms with Crippen molar-refractivity contribution in [2.75, 3.05) is 6.79 Å². The fourth-order valence-electron chi connectivity index (χ4n) is 4.17. The summed E-state index contributed by atoms with van der Waals surface area (Å²) in [4.78, 5) is 11.5. The lowest BCUT2D eigenvalue weighted by Crippen LogP contribution is -2.51. The van der Waals surface area contributed by atoms with E-state index in [1.54, 1.807) is 0 Å². The molecule has 5 nitrogen and oxygen atoms in total. The highest BCUT2D eigenvalue weighted by atomic mass is 17.2. The first-order chi connectivity index (χ1) is 9.83. The highest BCUT2D eigenvalue weighted by Crippen LogP contribution is 2.50. The molecule has 122 valence electrons. The molecule has 1 saturated carbocycles. The van der Waals surface area contributed by atoms with Crippen molar-refractivity contribution in [3.8, 4) is 0 Å². The normalized spacial score (nSPS) is 50.4. The van der Waals surface area contributed by atoms with Crippen molar-refractivity contribution in [1.82, 2.24) is 0 Å². The summed E-state index contributed by atoms with van der Waals surface area (Å²) in [7, 11) is 0. The molecule has 0 radical (unpaired) electrons. The van der Waals surface area contributed by atoms with Crippen molar-refractivity contribution in [3.63, 3.8) is 0 Å². The van der Waals surface area contributed by atoms with Gasteiger partial charge in [0, 0.05) is 11.8 Å². The minimum Gasteiger partial charge on any atom is -0.367 e. The zero-order valence-corrected chi connectivity index (χ0v) is 13.5. The van der Waals surface area contributed by atoms with Gasteiger partial charge in [-0.3, -0.25) is 0 Å². The van der Waals surface area contributed by atoms with Gasteiger partial charge in [-0.1, -0.05) is 20.8 Å². The fraction of sp³-hybridized carbons (Fsp3) is 1.00. The Morgan fingerprint density at radius 2 is 1.86 bits per heavy atom. The topological polar surface area (TPSA) is 57.2 Å². The number of fused-ring (bicyclic) bond motifs is 2. The van der Waals surface area contributed by atoms with Crippen molar-refractivity contribution in [3.05, 3.63) is 0 Å². The van der Waals surface area contributed by atoms with Crippen molar-refractivity contribution in [2.45, 2.75) is 71.6 Å². The zero-order valence-electron chi connectivity index (χ0n) is 13.5. The van der Waals surface area contributed by atoms with E-state index in [4.69, 9.17) is 19.2 Å². The summed E-state index contributed by atoms with van der Waals surface area (Å²) in [6, 6.07) is 0. The van der Waals surface area contributed by atoms with E-state index in [-0.39, 0.29) is 18.8 Å². The maximum Gasteiger partial charge on any atom is 0.201 e. The molecule has 5 heteroatoms. The third-order valence-electron chi connectivity index (χ3n) is 5.93. The SMILES string of the molecule is C[C@@H]1CC[C@@H]2[C@@H]3OO[C@@](C)(CC[C@H]31)OCOC(O)C2(C)C. The quantitative estimate of drug-likeness (QED) is 0.697. The molecule has 1 aliphatic carbocycles. The Kier molecular flexibility index (Phi) is 4.08. The van der Waals surface area contributed by atoms with Gasteiger partial charge in [0.2, 0.25) is 5.79 Å². The van der Waals surface area contributed by atoms with Crippen LogP contribution in [0.2, 0.25) is 0 Å². The molecule has 2 bridgehead atoms. The van der Waals surface area contributed by atoms with E-state index in [2.05, 4.69) is 6.92 Å². The minimum absolute atomic E-state index is 0.00877. The summed E-state index contributed by atoms with van der Waals surface area (Å²) in [5, 5.41) is 10.4. The summed E-state index contributed by atoms with van der Waals surface area (Å²) in [5.74, 6) is 0.475. The third-order valence-corrected chi connectivity index (χ3v) is 5.93. The molecule has 2 saturated heterocycles. The first kappa shape index (κ1) is 15.7. The second-order valence-electron chi connectivity index (χ2n) is 7.74. The van der Waals surface area contributed by atoms with E-state index in [0.717, 1.165) is 25.7 Å². The molecule has 3 aliphatic rings. The van der Waals surface area contributed by atoms with Gasteiger partial charge in [-0.05, 0) is 43.9 Å². The van der Waals surface area contributed by atoms with E-state index in [1.165, 1.54) is 0 Å². The lowest BCUT2D eigenvalue weighted by molar-refractivity contribution is -0.465. The standard InChI is InChI=1S/C16H28O5/c1-10-5-6-12-13-11(10)7-8-16(4,21-20-13)19-9-18-14(17)15(12,2)3/h10-14,17H,5-9H2,1-4H3/t10-,11+,12-,13-,14?,16+/m1/s1. The van der Waals surface area contributed by atoms with Crippen molar-refractivity contribution < 1.29 is 24.4 Å². The lowest BCUT2D eigenvalue weighted by atomic mass is 9.62. The summed E-state index contributed by atoms with van der Waals surface area (Å²) in [6.45, 7) is 8.28. The van der Waals surface area contributed by atoms with Gasteiger partial charge in [0.1, 0.15) is 0 Å². The molecular formula is C16H28O5. The first-order valence-corrected chi connectivity index (χ1v) is 8.11. The molecule has 0 aromatic rings. The fourth-order valence-corrected chi connectivity index (χ4v) is 4.17. The number of aliphatic hydroxyl groups excluding tert-OH is 1. The predicted molar refractivity (Wildman–Crippen MR) is 75.8 cm³/mol. The van der Waals surface area contributed by atoms with Crippen molar-refractivity contribution in [2.24, 2.45) is 23.2 Å². The smallest absolute Gasteiger partial charge is 0.201 e. The Hall–Kier alpha value is -0.200. The van der Waals surface area contributed by atoms with Gasteiger partial charge in [0.05, 0.1) is 6.10 Å². The Labute approximate surface area is 126 Å². The average molecular weight is 300 g/mol. The summed E-state index contributed by atoms with van der Waals surface area (Å²) in [6.07, 6.45) is 3.11. The molecule has 1 unspecified atom stereocenters. The van der Waals surface area contributed by atoms with Gasteiger partial charge in [-0.2, -0.15) is 0 Å². The van der Waals surface area contributed by atoms with Crippen LogP contribution in [0.4, 0.5) is 0 Å². The summed E-state index contributed by atoms with van der Waals surface area (Å²) < 4.78 is 11.2. The second kappa shape index (κ2) is 5.46. The van der Waals surface area contributed by atoms with E-state index in [1.807, 2.05) is 20.8 Å². The number of rotatable bonds is 0. The van der Waals surface area contributed by atoms with Crippen molar-refractivity contribution in [1.29, 1.82) is 0 Å². The van der Waals surface area contributed by atoms with Gasteiger partial charge in [-0.15, -0.1) is 0 Å². The van der Waals surface area contributed by atoms with Gasteiger partial charge >= 0.3 is 0 Å². The van der Waals surface area contributed by atoms with Gasteiger partial charge in [0.15, 0.2) is 13.1 Å². The molecule has 0 aromatic heterocycles. The Bertz CT molecular complexity index is 385. The van der Waals surface area contributed by atoms with E-state index < -0.39 is 17.5 Å². The molecule has 1 N–H and O–H groups in total. The molecular weight excluding hydrogens is 272 g/mol. The third kappa shape index (κ3) is 2.75. The zero-order chi connectivity index (χ0) is 15.3. The van der Waals surface area contributed by atoms with Gasteiger partial charge < -0.3 is 14.6 Å². The molecule has 3 rings (SSSR count). The van der Waals surface area contributed by atoms with Crippen LogP contribution in [0.1, 0.15) is 53.4 Å². The van der Waals surface area contributed by atoms with Crippen LogP contribution in [0.5, 0.6) is 0 Å². The van der Waals surface area contributed by atoms with Crippen LogP contribution in [-0.4, -0.2) is 30.1 Å². The summed E-state index contributed by atoms with van der Waals surface area (Å²) in [5.41, 5.74) is -0.395. The van der Waals surface area contributed by atoms with Crippen LogP contribution in [0, 0.1) is 23.2 Å². The Morgan fingerprint density at radius 3 is 2.62 bits per heavy atom. The highest BCUT2D eigenvalue weighted by molar-refractivity contribution is 4.95. The van der Waals surface area contributed by atoms with Gasteiger partial charge in [-0.25, -0.2) is 9.78 Å². The van der Waals surface area contributed by atoms with Crippen LogP contribution in [0.15, 0.2) is 0 Å². The van der Waals surface area contributed by atoms with E-state index in [0.29, 0.717) is 11.8 Å². The molecule has 21 heavy (non-hydrogen) atoms. The molecule has 0 spiro atoms. The number of aliphatic hydroxyl groups is 1. The number of ether oxygens (including phenoxy) is 2. The second-order valence-corrected chi connectivity index (χ2v) is 7.74. The molecule has 2 heterocycles. The number of hydrogen-bond donors (Lipinski definition) is 1. The Balaban J connectivity index is 1.96. The maximum absolute atomic E-state index is 10.4. The predicted octanol–water partition coefficient (Wildman–Crippen LogP) is 2.82. The van der Waals surface area contributed by atoms with Crippen LogP contribution in [0.25, 0.3) is 0 Å². The number of hydrogen-bond acceptors (Lipinski definition) is 5. The minimum atomic E-state index is -0.858. The monoisotopic (exact) mass is 300 g/mol. The maximum atomic E-state index is 10.4. The van der Waals surface area contributed by atoms with Crippen LogP contribution >= 0.6 is 0 Å². The summed E-state index contributed by atoms with van der Waals surface area (Å²) >= 11 is 0. The molecule has 0 aromatic carbocycles. The average Bonchev–Trinajstić information content (AvgIpc) is 2.59. The van der Waals surface area contributed by atoms with Crippen LogP contribution in [0.3, 0.4) is 0 Å². The molecule has 3 fully saturated rings. The van der Waals surface area contributed by atoms with Gasteiger partial charge in [0.25, 0.3) is 0 Å². The van der Waals surface area contributed by atoms with E-state index in [9.17, 15) is 5.11 Å². The molecule has 6 atom stereocenters. The van der Waals surface area contributed by atoms with Crippen LogP contribution < -0.4 is 0 Å². The lowest BCUT2D eigenvalue weighted by Gasteiger charge is -2.48. The van der Waals surface area contributed by atoms with Crippen molar-refractivity contribution >= 4 is 0 Å².